The second kappa shape index (κ2) is 7.22. The molecule has 1 rings (SSSR count). The zero-order valence-electron chi connectivity index (χ0n) is 10.4. The van der Waals surface area contributed by atoms with Gasteiger partial charge in [0.1, 0.15) is 0 Å². The maximum Gasteiger partial charge on any atom is 0.471 e. The van der Waals surface area contributed by atoms with E-state index in [2.05, 4.69) is 5.32 Å². The Morgan fingerprint density at radius 2 is 1.90 bits per heavy atom. The number of hydrogen-bond donors (Lipinski definition) is 4. The van der Waals surface area contributed by atoms with Gasteiger partial charge in [0.2, 0.25) is 0 Å². The molecule has 20 heavy (non-hydrogen) atoms. The fourth-order valence-corrected chi connectivity index (χ4v) is 1.41. The summed E-state index contributed by atoms with van der Waals surface area (Å²) in [5.41, 5.74) is 0.632. The van der Waals surface area contributed by atoms with Crippen molar-refractivity contribution < 1.29 is 28.2 Å². The topological polar surface area (TPSA) is 81.6 Å². The molecule has 8 heteroatoms. The van der Waals surface area contributed by atoms with Crippen LogP contribution in [0.1, 0.15) is 5.56 Å². The smallest absolute Gasteiger partial charge is 0.395 e. The van der Waals surface area contributed by atoms with Crippen molar-refractivity contribution in [3.8, 4) is 0 Å². The van der Waals surface area contributed by atoms with Crippen molar-refractivity contribution in [2.45, 2.75) is 18.8 Å². The Balaban J connectivity index is 2.64. The van der Waals surface area contributed by atoms with Crippen molar-refractivity contribution in [2.24, 2.45) is 0 Å². The van der Waals surface area contributed by atoms with Gasteiger partial charge in [0.15, 0.2) is 0 Å². The third kappa shape index (κ3) is 5.16. The molecule has 0 fully saturated rings. The van der Waals surface area contributed by atoms with Crippen molar-refractivity contribution in [2.75, 3.05) is 18.5 Å². The number of amides is 1. The van der Waals surface area contributed by atoms with Crippen LogP contribution in [0.4, 0.5) is 18.9 Å². The molecule has 0 saturated carbocycles. The van der Waals surface area contributed by atoms with Gasteiger partial charge in [0, 0.05) is 12.2 Å². The quantitative estimate of drug-likeness (QED) is 0.620. The molecule has 0 unspecified atom stereocenters. The van der Waals surface area contributed by atoms with E-state index in [-0.39, 0.29) is 25.4 Å². The normalized spacial score (nSPS) is 11.7. The summed E-state index contributed by atoms with van der Waals surface area (Å²) in [5, 5.41) is 22.3. The van der Waals surface area contributed by atoms with Crippen LogP contribution in [0.15, 0.2) is 24.3 Å². The Labute approximate surface area is 113 Å². The molecule has 5 nitrogen and oxygen atoms in total. The van der Waals surface area contributed by atoms with Gasteiger partial charge in [-0.15, -0.1) is 0 Å². The third-order valence-corrected chi connectivity index (χ3v) is 2.48. The van der Waals surface area contributed by atoms with Gasteiger partial charge in [0.05, 0.1) is 19.3 Å². The molecule has 0 atom stereocenters. The molecule has 1 aromatic carbocycles. The molecule has 0 radical (unpaired) electrons. The highest BCUT2D eigenvalue weighted by Gasteiger charge is 2.38. The van der Waals surface area contributed by atoms with Crippen molar-refractivity contribution in [1.29, 1.82) is 0 Å². The number of carbonyl (C=O) groups is 1. The van der Waals surface area contributed by atoms with Crippen molar-refractivity contribution in [3.05, 3.63) is 29.8 Å². The van der Waals surface area contributed by atoms with Gasteiger partial charge in [-0.1, -0.05) is 12.1 Å². The minimum Gasteiger partial charge on any atom is -0.395 e. The minimum atomic E-state index is -4.94. The maximum absolute atomic E-state index is 12.1. The lowest BCUT2D eigenvalue weighted by Gasteiger charge is -2.14. The van der Waals surface area contributed by atoms with E-state index < -0.39 is 18.1 Å². The predicted molar refractivity (Wildman–Crippen MR) is 65.9 cm³/mol. The predicted octanol–water partition coefficient (Wildman–Crippen LogP) is 0.630. The monoisotopic (exact) mass is 292 g/mol. The fraction of sp³-hybridized carbons (Fsp3) is 0.417. The third-order valence-electron chi connectivity index (χ3n) is 2.48. The molecular weight excluding hydrogens is 277 g/mol. The van der Waals surface area contributed by atoms with E-state index in [0.29, 0.717) is 5.56 Å². The number of rotatable bonds is 6. The summed E-state index contributed by atoms with van der Waals surface area (Å²) in [6, 6.07) is 5.34. The van der Waals surface area contributed by atoms with Gasteiger partial charge < -0.3 is 20.8 Å². The summed E-state index contributed by atoms with van der Waals surface area (Å²) in [7, 11) is 0. The fourth-order valence-electron chi connectivity index (χ4n) is 1.41. The average Bonchev–Trinajstić information content (AvgIpc) is 2.39. The van der Waals surface area contributed by atoms with Crippen molar-refractivity contribution in [1.82, 2.24) is 5.32 Å². The molecular formula is C12H15F3N2O3. The number of alkyl halides is 3. The molecule has 0 spiro atoms. The Kier molecular flexibility index (Phi) is 5.93. The number of carbonyl (C=O) groups excluding carboxylic acids is 1. The molecule has 4 N–H and O–H groups in total. The Hall–Kier alpha value is -1.64. The van der Waals surface area contributed by atoms with Gasteiger partial charge in [-0.3, -0.25) is 4.79 Å². The van der Waals surface area contributed by atoms with Crippen LogP contribution in [0, 0.1) is 0 Å². The average molecular weight is 292 g/mol. The summed E-state index contributed by atoms with van der Waals surface area (Å²) in [6.45, 7) is -0.288. The standard InChI is InChI=1S/C12H15F3N2O3/c13-12(14,15)11(20)17-9-3-1-2-8(4-9)5-16-10(6-18)7-19/h1-4,10,16,18-19H,5-7H2,(H,17,20). The van der Waals surface area contributed by atoms with Crippen LogP contribution < -0.4 is 10.6 Å². The number of anilines is 1. The van der Waals surface area contributed by atoms with E-state index in [0.717, 1.165) is 0 Å². The van der Waals surface area contributed by atoms with Crippen LogP contribution in [0.25, 0.3) is 0 Å². The first-order valence-corrected chi connectivity index (χ1v) is 5.79. The number of nitrogens with one attached hydrogen (secondary N) is 2. The highest BCUT2D eigenvalue weighted by atomic mass is 19.4. The molecule has 1 amide bonds. The van der Waals surface area contributed by atoms with Crippen LogP contribution in [-0.4, -0.2) is 41.6 Å². The van der Waals surface area contributed by atoms with E-state index in [1.807, 2.05) is 0 Å². The molecule has 0 saturated heterocycles. The number of aliphatic hydroxyl groups is 2. The molecule has 112 valence electrons. The first-order chi connectivity index (χ1) is 9.36. The van der Waals surface area contributed by atoms with Gasteiger partial charge in [-0.2, -0.15) is 13.2 Å². The Morgan fingerprint density at radius 3 is 2.45 bits per heavy atom. The molecule has 0 heterocycles. The molecule has 0 aliphatic heterocycles. The first-order valence-electron chi connectivity index (χ1n) is 5.79. The summed E-state index contributed by atoms with van der Waals surface area (Å²) >= 11 is 0. The second-order valence-corrected chi connectivity index (χ2v) is 4.10. The lowest BCUT2D eigenvalue weighted by Crippen LogP contribution is -2.35. The second-order valence-electron chi connectivity index (χ2n) is 4.10. The van der Waals surface area contributed by atoms with Gasteiger partial charge in [0.25, 0.3) is 0 Å². The minimum absolute atomic E-state index is 0.0242. The number of hydrogen-bond acceptors (Lipinski definition) is 4. The Bertz CT molecular complexity index is 448. The summed E-state index contributed by atoms with van der Waals surface area (Å²) in [6.07, 6.45) is -4.94. The van der Waals surface area contributed by atoms with E-state index in [9.17, 15) is 18.0 Å². The van der Waals surface area contributed by atoms with Crippen LogP contribution in [0.5, 0.6) is 0 Å². The van der Waals surface area contributed by atoms with E-state index in [1.54, 1.807) is 11.4 Å². The summed E-state index contributed by atoms with van der Waals surface area (Å²) in [4.78, 5) is 10.8. The van der Waals surface area contributed by atoms with E-state index in [1.165, 1.54) is 18.2 Å². The highest BCUT2D eigenvalue weighted by molar-refractivity contribution is 5.94. The van der Waals surface area contributed by atoms with Crippen LogP contribution in [-0.2, 0) is 11.3 Å². The molecule has 0 bridgehead atoms. The lowest BCUT2D eigenvalue weighted by molar-refractivity contribution is -0.167. The van der Waals surface area contributed by atoms with Crippen molar-refractivity contribution in [3.63, 3.8) is 0 Å². The molecule has 0 aliphatic carbocycles. The molecule has 1 aromatic rings. The van der Waals surface area contributed by atoms with Gasteiger partial charge in [-0.05, 0) is 17.7 Å². The number of aliphatic hydroxyl groups excluding tert-OH is 2. The number of benzene rings is 1. The number of halogens is 3. The maximum atomic E-state index is 12.1. The van der Waals surface area contributed by atoms with Crippen molar-refractivity contribution >= 4 is 11.6 Å². The SMILES string of the molecule is O=C(Nc1cccc(CNC(CO)CO)c1)C(F)(F)F. The highest BCUT2D eigenvalue weighted by Crippen LogP contribution is 2.18. The van der Waals surface area contributed by atoms with Gasteiger partial charge >= 0.3 is 12.1 Å². The zero-order valence-corrected chi connectivity index (χ0v) is 10.4. The largest absolute Gasteiger partial charge is 0.471 e. The van der Waals surface area contributed by atoms with Gasteiger partial charge in [-0.25, -0.2) is 0 Å². The van der Waals surface area contributed by atoms with Crippen LogP contribution in [0.3, 0.4) is 0 Å². The van der Waals surface area contributed by atoms with E-state index in [4.69, 9.17) is 10.2 Å². The van der Waals surface area contributed by atoms with Crippen LogP contribution >= 0.6 is 0 Å². The Morgan fingerprint density at radius 1 is 1.25 bits per heavy atom. The first kappa shape index (κ1) is 16.4. The molecule has 0 aliphatic rings. The van der Waals surface area contributed by atoms with E-state index >= 15 is 0 Å². The molecule has 0 aromatic heterocycles. The summed E-state index contributed by atoms with van der Waals surface area (Å²) < 4.78 is 36.3. The lowest BCUT2D eigenvalue weighted by atomic mass is 10.2. The van der Waals surface area contributed by atoms with Crippen LogP contribution in [0.2, 0.25) is 0 Å². The zero-order chi connectivity index (χ0) is 15.2. The summed E-state index contributed by atoms with van der Waals surface area (Å²) in [5.74, 6) is -2.04.